The van der Waals surface area contributed by atoms with E-state index >= 15 is 0 Å². The summed E-state index contributed by atoms with van der Waals surface area (Å²) < 4.78 is 10.6. The Morgan fingerprint density at radius 1 is 1.67 bits per heavy atom. The molecule has 0 aromatic heterocycles. The van der Waals surface area contributed by atoms with Gasteiger partial charge in [-0.15, -0.1) is 0 Å². The lowest BCUT2D eigenvalue weighted by atomic mass is 10.2. The second-order valence-corrected chi connectivity index (χ2v) is 3.06. The standard InChI is InChI=1S/C9H16O3/c1-7(10)8(2)12-9-5-3-4-6-11-9/h7,9-10H,2-6H2,1H3. The van der Waals surface area contributed by atoms with Gasteiger partial charge in [-0.2, -0.15) is 0 Å². The second-order valence-electron chi connectivity index (χ2n) is 3.06. The van der Waals surface area contributed by atoms with Crippen molar-refractivity contribution in [2.45, 2.75) is 38.6 Å². The van der Waals surface area contributed by atoms with Gasteiger partial charge in [0, 0.05) is 6.42 Å². The SMILES string of the molecule is C=C(OC1CCCCO1)C(C)O. The van der Waals surface area contributed by atoms with E-state index in [0.29, 0.717) is 5.76 Å². The maximum absolute atomic E-state index is 9.07. The average molecular weight is 172 g/mol. The summed E-state index contributed by atoms with van der Waals surface area (Å²) >= 11 is 0. The topological polar surface area (TPSA) is 38.7 Å². The Bertz CT molecular complexity index is 148. The third-order valence-corrected chi connectivity index (χ3v) is 1.89. The van der Waals surface area contributed by atoms with Gasteiger partial charge >= 0.3 is 0 Å². The van der Waals surface area contributed by atoms with Gasteiger partial charge in [-0.3, -0.25) is 0 Å². The highest BCUT2D eigenvalue weighted by molar-refractivity contribution is 4.89. The first kappa shape index (κ1) is 9.55. The molecular formula is C9H16O3. The average Bonchev–Trinajstić information content (AvgIpc) is 2.06. The molecule has 1 N–H and O–H groups in total. The molecule has 1 aliphatic heterocycles. The first-order valence-electron chi connectivity index (χ1n) is 4.35. The molecular weight excluding hydrogens is 156 g/mol. The lowest BCUT2D eigenvalue weighted by Crippen LogP contribution is -2.24. The summed E-state index contributed by atoms with van der Waals surface area (Å²) in [5, 5.41) is 9.07. The summed E-state index contributed by atoms with van der Waals surface area (Å²) in [6, 6.07) is 0. The van der Waals surface area contributed by atoms with Crippen LogP contribution in [-0.2, 0) is 9.47 Å². The lowest BCUT2D eigenvalue weighted by Gasteiger charge is -2.25. The Morgan fingerprint density at radius 2 is 2.42 bits per heavy atom. The second kappa shape index (κ2) is 4.48. The van der Waals surface area contributed by atoms with E-state index in [1.54, 1.807) is 6.92 Å². The monoisotopic (exact) mass is 172 g/mol. The maximum Gasteiger partial charge on any atom is 0.199 e. The molecule has 12 heavy (non-hydrogen) atoms. The van der Waals surface area contributed by atoms with Gasteiger partial charge in [0.2, 0.25) is 0 Å². The van der Waals surface area contributed by atoms with Crippen LogP contribution in [0.25, 0.3) is 0 Å². The molecule has 3 nitrogen and oxygen atoms in total. The zero-order chi connectivity index (χ0) is 8.97. The molecule has 0 aromatic rings. The largest absolute Gasteiger partial charge is 0.467 e. The number of ether oxygens (including phenoxy) is 2. The molecule has 1 fully saturated rings. The third-order valence-electron chi connectivity index (χ3n) is 1.89. The predicted molar refractivity (Wildman–Crippen MR) is 45.5 cm³/mol. The molecule has 2 unspecified atom stereocenters. The van der Waals surface area contributed by atoms with Crippen LogP contribution < -0.4 is 0 Å². The fourth-order valence-electron chi connectivity index (χ4n) is 1.07. The molecule has 0 saturated carbocycles. The van der Waals surface area contributed by atoms with E-state index in [0.717, 1.165) is 25.9 Å². The Labute approximate surface area is 73.0 Å². The maximum atomic E-state index is 9.07. The molecule has 1 rings (SSSR count). The van der Waals surface area contributed by atoms with Crippen molar-refractivity contribution < 1.29 is 14.6 Å². The normalized spacial score (nSPS) is 26.3. The van der Waals surface area contributed by atoms with Gasteiger partial charge < -0.3 is 14.6 Å². The minimum atomic E-state index is -0.615. The third kappa shape index (κ3) is 2.83. The van der Waals surface area contributed by atoms with Crippen molar-refractivity contribution in [2.24, 2.45) is 0 Å². The number of hydrogen-bond acceptors (Lipinski definition) is 3. The van der Waals surface area contributed by atoms with Crippen LogP contribution in [0.2, 0.25) is 0 Å². The van der Waals surface area contributed by atoms with Crippen molar-refractivity contribution in [3.8, 4) is 0 Å². The molecule has 3 heteroatoms. The molecule has 70 valence electrons. The van der Waals surface area contributed by atoms with Crippen LogP contribution in [0.3, 0.4) is 0 Å². The lowest BCUT2D eigenvalue weighted by molar-refractivity contribution is -0.147. The van der Waals surface area contributed by atoms with E-state index in [9.17, 15) is 0 Å². The van der Waals surface area contributed by atoms with E-state index in [2.05, 4.69) is 6.58 Å². The van der Waals surface area contributed by atoms with Crippen LogP contribution in [0.15, 0.2) is 12.3 Å². The van der Waals surface area contributed by atoms with Crippen LogP contribution in [0.4, 0.5) is 0 Å². The summed E-state index contributed by atoms with van der Waals surface area (Å²) in [5.41, 5.74) is 0. The quantitative estimate of drug-likeness (QED) is 0.654. The van der Waals surface area contributed by atoms with Gasteiger partial charge in [0.05, 0.1) is 6.61 Å². The number of hydrogen-bond donors (Lipinski definition) is 1. The molecule has 1 saturated heterocycles. The molecule has 2 atom stereocenters. The number of rotatable bonds is 3. The van der Waals surface area contributed by atoms with Crippen molar-refractivity contribution >= 4 is 0 Å². The molecule has 1 aliphatic rings. The summed E-state index contributed by atoms with van der Waals surface area (Å²) in [6.07, 6.45) is 2.31. The summed E-state index contributed by atoms with van der Waals surface area (Å²) in [5.74, 6) is 0.391. The molecule has 0 spiro atoms. The van der Waals surface area contributed by atoms with Gasteiger partial charge in [0.25, 0.3) is 0 Å². The summed E-state index contributed by atoms with van der Waals surface area (Å²) in [6.45, 7) is 5.97. The van der Waals surface area contributed by atoms with Crippen molar-refractivity contribution in [1.82, 2.24) is 0 Å². The first-order chi connectivity index (χ1) is 5.70. The van der Waals surface area contributed by atoms with E-state index < -0.39 is 6.10 Å². The summed E-state index contributed by atoms with van der Waals surface area (Å²) in [4.78, 5) is 0. The van der Waals surface area contributed by atoms with E-state index in [4.69, 9.17) is 14.6 Å². The van der Waals surface area contributed by atoms with Gasteiger partial charge in [-0.05, 0) is 19.8 Å². The minimum absolute atomic E-state index is 0.194. The highest BCUT2D eigenvalue weighted by atomic mass is 16.7. The van der Waals surface area contributed by atoms with Crippen molar-refractivity contribution in [1.29, 1.82) is 0 Å². The van der Waals surface area contributed by atoms with Crippen molar-refractivity contribution in [3.05, 3.63) is 12.3 Å². The van der Waals surface area contributed by atoms with Crippen LogP contribution in [0.1, 0.15) is 26.2 Å². The van der Waals surface area contributed by atoms with E-state index in [1.165, 1.54) is 0 Å². The van der Waals surface area contributed by atoms with Gasteiger partial charge in [-0.25, -0.2) is 0 Å². The predicted octanol–water partition coefficient (Wildman–Crippen LogP) is 1.42. The van der Waals surface area contributed by atoms with Crippen LogP contribution >= 0.6 is 0 Å². The fourth-order valence-corrected chi connectivity index (χ4v) is 1.07. The molecule has 0 radical (unpaired) electrons. The van der Waals surface area contributed by atoms with E-state index in [-0.39, 0.29) is 6.29 Å². The van der Waals surface area contributed by atoms with Crippen molar-refractivity contribution in [3.63, 3.8) is 0 Å². The van der Waals surface area contributed by atoms with Gasteiger partial charge in [0.1, 0.15) is 11.9 Å². The Hall–Kier alpha value is -0.540. The molecule has 0 aromatic carbocycles. The first-order valence-corrected chi connectivity index (χ1v) is 4.35. The smallest absolute Gasteiger partial charge is 0.199 e. The van der Waals surface area contributed by atoms with Crippen LogP contribution in [0, 0.1) is 0 Å². The van der Waals surface area contributed by atoms with E-state index in [1.807, 2.05) is 0 Å². The van der Waals surface area contributed by atoms with Crippen LogP contribution in [0.5, 0.6) is 0 Å². The van der Waals surface area contributed by atoms with Crippen molar-refractivity contribution in [2.75, 3.05) is 6.61 Å². The van der Waals surface area contributed by atoms with Crippen LogP contribution in [-0.4, -0.2) is 24.1 Å². The van der Waals surface area contributed by atoms with Gasteiger partial charge in [0.15, 0.2) is 6.29 Å². The highest BCUT2D eigenvalue weighted by Gasteiger charge is 2.16. The van der Waals surface area contributed by atoms with Gasteiger partial charge in [-0.1, -0.05) is 6.58 Å². The Morgan fingerprint density at radius 3 is 2.92 bits per heavy atom. The molecule has 0 aliphatic carbocycles. The molecule has 0 bridgehead atoms. The number of aliphatic hydroxyl groups is 1. The highest BCUT2D eigenvalue weighted by Crippen LogP contribution is 2.17. The minimum Gasteiger partial charge on any atom is -0.467 e. The Balaban J connectivity index is 2.24. The summed E-state index contributed by atoms with van der Waals surface area (Å²) in [7, 11) is 0. The fraction of sp³-hybridized carbons (Fsp3) is 0.778. The Kier molecular flexibility index (Phi) is 3.56. The zero-order valence-corrected chi connectivity index (χ0v) is 7.45. The molecule has 1 heterocycles. The number of aliphatic hydroxyl groups excluding tert-OH is 1. The molecule has 0 amide bonds. The zero-order valence-electron chi connectivity index (χ0n) is 7.45.